The van der Waals surface area contributed by atoms with Gasteiger partial charge in [-0.25, -0.2) is 4.68 Å². The minimum atomic E-state index is -0.422. The summed E-state index contributed by atoms with van der Waals surface area (Å²) in [6.45, 7) is 1.84. The third-order valence-electron chi connectivity index (χ3n) is 3.76. The Labute approximate surface area is 154 Å². The van der Waals surface area contributed by atoms with Crippen LogP contribution in [0, 0.1) is 17.0 Å². The number of nitro benzene ring substituents is 1. The molecule has 2 aromatic heterocycles. The smallest absolute Gasteiger partial charge is 0.276 e. The van der Waals surface area contributed by atoms with Gasteiger partial charge in [-0.2, -0.15) is 4.98 Å². The van der Waals surface area contributed by atoms with Crippen LogP contribution in [0.5, 0.6) is 11.8 Å². The summed E-state index contributed by atoms with van der Waals surface area (Å²) in [5.41, 5.74) is 1.90. The van der Waals surface area contributed by atoms with Gasteiger partial charge in [0.25, 0.3) is 5.69 Å². The number of aryl methyl sites for hydroxylation is 1. The van der Waals surface area contributed by atoms with Gasteiger partial charge in [-0.3, -0.25) is 10.1 Å². The zero-order valence-corrected chi connectivity index (χ0v) is 14.8. The van der Waals surface area contributed by atoms with E-state index in [1.165, 1.54) is 17.9 Å². The number of hydrogen-bond donors (Lipinski definition) is 0. The van der Waals surface area contributed by atoms with E-state index in [4.69, 9.17) is 21.1 Å². The molecule has 0 fully saturated rings. The van der Waals surface area contributed by atoms with Crippen LogP contribution in [0.2, 0.25) is 5.15 Å². The Morgan fingerprint density at radius 3 is 2.81 bits per heavy atom. The van der Waals surface area contributed by atoms with Crippen molar-refractivity contribution in [2.45, 2.75) is 13.5 Å². The van der Waals surface area contributed by atoms with Crippen molar-refractivity contribution in [2.75, 3.05) is 7.11 Å². The van der Waals surface area contributed by atoms with Gasteiger partial charge < -0.3 is 9.47 Å². The van der Waals surface area contributed by atoms with Gasteiger partial charge in [0.15, 0.2) is 0 Å². The second kappa shape index (κ2) is 7.40. The fourth-order valence-electron chi connectivity index (χ4n) is 2.45. The summed E-state index contributed by atoms with van der Waals surface area (Å²) < 4.78 is 12.4. The molecule has 0 saturated heterocycles. The molecular weight excluding hydrogens is 360 g/mol. The fraction of sp³-hybridized carbons (Fsp3) is 0.176. The molecule has 0 aliphatic rings. The molecule has 0 aliphatic heterocycles. The molecule has 0 saturated carbocycles. The monoisotopic (exact) mass is 374 g/mol. The molecule has 1 aromatic carbocycles. The number of pyridine rings is 1. The zero-order valence-electron chi connectivity index (χ0n) is 14.0. The maximum absolute atomic E-state index is 11.2. The minimum absolute atomic E-state index is 0.0213. The Morgan fingerprint density at radius 2 is 2.08 bits per heavy atom. The fourth-order valence-corrected chi connectivity index (χ4v) is 2.58. The summed E-state index contributed by atoms with van der Waals surface area (Å²) in [6, 6.07) is 9.89. The largest absolute Gasteiger partial charge is 0.479 e. The van der Waals surface area contributed by atoms with Crippen LogP contribution < -0.4 is 9.47 Å². The summed E-state index contributed by atoms with van der Waals surface area (Å²) in [5, 5.41) is 15.8. The maximum Gasteiger partial charge on any atom is 0.276 e. The van der Waals surface area contributed by atoms with Crippen molar-refractivity contribution in [2.24, 2.45) is 0 Å². The Morgan fingerprint density at radius 1 is 1.27 bits per heavy atom. The second-order valence-electron chi connectivity index (χ2n) is 5.38. The van der Waals surface area contributed by atoms with Gasteiger partial charge in [-0.05, 0) is 24.6 Å². The van der Waals surface area contributed by atoms with Crippen LogP contribution in [0.1, 0.15) is 11.1 Å². The van der Waals surface area contributed by atoms with Crippen molar-refractivity contribution in [3.63, 3.8) is 0 Å². The van der Waals surface area contributed by atoms with Gasteiger partial charge in [-0.15, -0.1) is 5.10 Å². The number of benzene rings is 1. The number of halogens is 1. The maximum atomic E-state index is 11.2. The number of nitro groups is 1. The van der Waals surface area contributed by atoms with Crippen molar-refractivity contribution >= 4 is 17.3 Å². The molecule has 3 aromatic rings. The predicted octanol–water partition coefficient (Wildman–Crippen LogP) is 3.72. The lowest BCUT2D eigenvalue weighted by Gasteiger charge is -2.08. The lowest BCUT2D eigenvalue weighted by molar-refractivity contribution is -0.385. The Kier molecular flexibility index (Phi) is 5.04. The molecular formula is C17H15ClN4O4. The van der Waals surface area contributed by atoms with Gasteiger partial charge >= 0.3 is 0 Å². The highest BCUT2D eigenvalue weighted by Gasteiger charge is 2.17. The minimum Gasteiger partial charge on any atom is -0.479 e. The Hall–Kier alpha value is -3.13. The van der Waals surface area contributed by atoms with Crippen LogP contribution in [0.15, 0.2) is 42.6 Å². The molecule has 9 heteroatoms. The van der Waals surface area contributed by atoms with Crippen LogP contribution in [-0.4, -0.2) is 26.8 Å². The van der Waals surface area contributed by atoms with Crippen molar-refractivity contribution in [3.8, 4) is 17.4 Å². The SMILES string of the molecule is COc1nc(Cl)ccc1-n1ccc(OCc2c(C)cccc2[N+](=O)[O-])n1. The third kappa shape index (κ3) is 3.60. The molecule has 3 rings (SSSR count). The first-order valence-corrected chi connectivity index (χ1v) is 7.99. The van der Waals surface area contributed by atoms with E-state index in [-0.39, 0.29) is 12.3 Å². The van der Waals surface area contributed by atoms with Gasteiger partial charge in [0.05, 0.1) is 17.6 Å². The van der Waals surface area contributed by atoms with Crippen molar-refractivity contribution in [1.29, 1.82) is 0 Å². The van der Waals surface area contributed by atoms with Crippen molar-refractivity contribution in [1.82, 2.24) is 14.8 Å². The molecule has 0 aliphatic carbocycles. The molecule has 0 atom stereocenters. The number of nitrogens with zero attached hydrogens (tertiary/aromatic N) is 4. The molecule has 2 heterocycles. The van der Waals surface area contributed by atoms with E-state index in [0.717, 1.165) is 5.56 Å². The van der Waals surface area contributed by atoms with Crippen molar-refractivity contribution in [3.05, 3.63) is 69.0 Å². The molecule has 0 unspecified atom stereocenters. The highest BCUT2D eigenvalue weighted by atomic mass is 35.5. The lowest BCUT2D eigenvalue weighted by Crippen LogP contribution is -2.04. The number of ether oxygens (including phenoxy) is 2. The normalized spacial score (nSPS) is 10.6. The first-order chi connectivity index (χ1) is 12.5. The molecule has 0 bridgehead atoms. The van der Waals surface area contributed by atoms with Crippen LogP contribution >= 0.6 is 11.6 Å². The summed E-state index contributed by atoms with van der Waals surface area (Å²) >= 11 is 5.86. The van der Waals surface area contributed by atoms with E-state index in [1.54, 1.807) is 43.5 Å². The highest BCUT2D eigenvalue weighted by molar-refractivity contribution is 6.29. The Bertz CT molecular complexity index is 958. The van der Waals surface area contributed by atoms with Crippen LogP contribution in [0.3, 0.4) is 0 Å². The zero-order chi connectivity index (χ0) is 18.7. The summed E-state index contributed by atoms with van der Waals surface area (Å²) in [7, 11) is 1.49. The van der Waals surface area contributed by atoms with Gasteiger partial charge in [0.1, 0.15) is 17.4 Å². The van der Waals surface area contributed by atoms with Gasteiger partial charge in [0.2, 0.25) is 11.8 Å². The number of methoxy groups -OCH3 is 1. The van der Waals surface area contributed by atoms with E-state index in [9.17, 15) is 10.1 Å². The Balaban J connectivity index is 1.82. The first-order valence-electron chi connectivity index (χ1n) is 7.62. The molecule has 134 valence electrons. The first kappa shape index (κ1) is 17.7. The van der Waals surface area contributed by atoms with Crippen LogP contribution in [0.4, 0.5) is 5.69 Å². The number of hydrogen-bond acceptors (Lipinski definition) is 6. The number of aromatic nitrogens is 3. The van der Waals surface area contributed by atoms with E-state index in [0.29, 0.717) is 28.2 Å². The average molecular weight is 375 g/mol. The summed E-state index contributed by atoms with van der Waals surface area (Å²) in [5.74, 6) is 0.640. The quantitative estimate of drug-likeness (QED) is 0.371. The van der Waals surface area contributed by atoms with Gasteiger partial charge in [-0.1, -0.05) is 23.7 Å². The molecule has 0 N–H and O–H groups in total. The van der Waals surface area contributed by atoms with Gasteiger partial charge in [0, 0.05) is 18.3 Å². The molecule has 26 heavy (non-hydrogen) atoms. The average Bonchev–Trinajstić information content (AvgIpc) is 3.08. The van der Waals surface area contributed by atoms with Crippen LogP contribution in [0.25, 0.3) is 5.69 Å². The summed E-state index contributed by atoms with van der Waals surface area (Å²) in [6.07, 6.45) is 1.68. The molecule has 8 nitrogen and oxygen atoms in total. The lowest BCUT2D eigenvalue weighted by atomic mass is 10.1. The standard InChI is InChI=1S/C17H15ClN4O4/c1-11-4-3-5-13(22(23)24)12(11)10-26-16-8-9-21(20-16)14-6-7-15(18)19-17(14)25-2/h3-9H,10H2,1-2H3. The van der Waals surface area contributed by atoms with Crippen LogP contribution in [-0.2, 0) is 6.61 Å². The van der Waals surface area contributed by atoms with E-state index in [1.807, 2.05) is 0 Å². The van der Waals surface area contributed by atoms with E-state index < -0.39 is 4.92 Å². The predicted molar refractivity (Wildman–Crippen MR) is 95.1 cm³/mol. The molecule has 0 amide bonds. The van der Waals surface area contributed by atoms with Crippen molar-refractivity contribution < 1.29 is 14.4 Å². The van der Waals surface area contributed by atoms with E-state index >= 15 is 0 Å². The second-order valence-corrected chi connectivity index (χ2v) is 5.77. The van der Waals surface area contributed by atoms with E-state index in [2.05, 4.69) is 10.1 Å². The number of rotatable bonds is 6. The third-order valence-corrected chi connectivity index (χ3v) is 3.97. The molecule has 0 spiro atoms. The molecule has 0 radical (unpaired) electrons. The topological polar surface area (TPSA) is 92.3 Å². The summed E-state index contributed by atoms with van der Waals surface area (Å²) in [4.78, 5) is 14.8. The highest BCUT2D eigenvalue weighted by Crippen LogP contribution is 2.25.